The van der Waals surface area contributed by atoms with Gasteiger partial charge in [-0.15, -0.1) is 0 Å². The fourth-order valence-electron chi connectivity index (χ4n) is 1.12. The third kappa shape index (κ3) is 2.65. The van der Waals surface area contributed by atoms with Crippen LogP contribution in [0.5, 0.6) is 0 Å². The molecular formula is C8H18FN. The molecule has 2 heteroatoms. The summed E-state index contributed by atoms with van der Waals surface area (Å²) in [6.45, 7) is 6.68. The van der Waals surface area contributed by atoms with E-state index in [2.05, 4.69) is 6.92 Å². The Morgan fingerprint density at radius 2 is 1.90 bits per heavy atom. The molecule has 0 aromatic heterocycles. The minimum atomic E-state index is -0.574. The molecule has 1 saturated heterocycles. The lowest BCUT2D eigenvalue weighted by Gasteiger charge is -2.11. The molecule has 2 atom stereocenters. The van der Waals surface area contributed by atoms with Crippen molar-refractivity contribution in [2.45, 2.75) is 39.4 Å². The summed E-state index contributed by atoms with van der Waals surface area (Å²) in [5.41, 5.74) is 0. The highest BCUT2D eigenvalue weighted by Crippen LogP contribution is 2.16. The fourth-order valence-corrected chi connectivity index (χ4v) is 1.12. The predicted molar refractivity (Wildman–Crippen MR) is 43.0 cm³/mol. The van der Waals surface area contributed by atoms with Crippen LogP contribution in [0.4, 0.5) is 4.39 Å². The Kier molecular flexibility index (Phi) is 4.62. The minimum absolute atomic E-state index is 0.449. The van der Waals surface area contributed by atoms with Crippen LogP contribution in [-0.4, -0.2) is 30.7 Å². The molecule has 0 N–H and O–H groups in total. The number of alkyl halides is 1. The van der Waals surface area contributed by atoms with Gasteiger partial charge in [0.1, 0.15) is 6.17 Å². The number of likely N-dealkylation sites (tertiary alicyclic amines) is 1. The van der Waals surface area contributed by atoms with E-state index in [0.29, 0.717) is 12.6 Å². The van der Waals surface area contributed by atoms with Gasteiger partial charge >= 0.3 is 0 Å². The maximum atomic E-state index is 12.4. The van der Waals surface area contributed by atoms with Crippen LogP contribution in [0.1, 0.15) is 27.2 Å². The molecular weight excluding hydrogens is 129 g/mol. The molecule has 1 nitrogen and oxygen atoms in total. The van der Waals surface area contributed by atoms with E-state index in [1.807, 2.05) is 25.8 Å². The topological polar surface area (TPSA) is 3.24 Å². The van der Waals surface area contributed by atoms with Gasteiger partial charge in [0, 0.05) is 12.6 Å². The molecule has 0 bridgehead atoms. The van der Waals surface area contributed by atoms with Crippen molar-refractivity contribution in [2.24, 2.45) is 0 Å². The van der Waals surface area contributed by atoms with Crippen LogP contribution in [0, 0.1) is 0 Å². The Morgan fingerprint density at radius 3 is 2.00 bits per heavy atom. The van der Waals surface area contributed by atoms with Gasteiger partial charge in [-0.05, 0) is 20.4 Å². The van der Waals surface area contributed by atoms with Crippen molar-refractivity contribution in [1.82, 2.24) is 4.90 Å². The van der Waals surface area contributed by atoms with Crippen LogP contribution in [0.2, 0.25) is 0 Å². The molecule has 2 unspecified atom stereocenters. The Balaban J connectivity index is 0.000000371. The lowest BCUT2D eigenvalue weighted by molar-refractivity contribution is 0.303. The lowest BCUT2D eigenvalue weighted by Crippen LogP contribution is -2.21. The van der Waals surface area contributed by atoms with Gasteiger partial charge in [-0.25, -0.2) is 4.39 Å². The molecule has 0 saturated carbocycles. The molecule has 0 aromatic carbocycles. The number of rotatable bonds is 0. The zero-order valence-electron chi connectivity index (χ0n) is 7.39. The summed E-state index contributed by atoms with van der Waals surface area (Å²) in [7, 11) is 1.96. The predicted octanol–water partition coefficient (Wildman–Crippen LogP) is 2.07. The van der Waals surface area contributed by atoms with Gasteiger partial charge in [-0.1, -0.05) is 13.8 Å². The Bertz CT molecular complexity index is 75.3. The molecule has 10 heavy (non-hydrogen) atoms. The Morgan fingerprint density at radius 1 is 1.40 bits per heavy atom. The summed E-state index contributed by atoms with van der Waals surface area (Å²) in [5, 5.41) is 0. The zero-order chi connectivity index (χ0) is 8.15. The molecule has 1 fully saturated rings. The summed E-state index contributed by atoms with van der Waals surface area (Å²) >= 11 is 0. The highest BCUT2D eigenvalue weighted by atomic mass is 19.1. The Hall–Kier alpha value is -0.110. The number of nitrogens with zero attached hydrogens (tertiary/aromatic N) is 1. The monoisotopic (exact) mass is 147 g/mol. The van der Waals surface area contributed by atoms with E-state index in [-0.39, 0.29) is 0 Å². The van der Waals surface area contributed by atoms with Crippen LogP contribution in [0.3, 0.4) is 0 Å². The molecule has 1 heterocycles. The zero-order valence-corrected chi connectivity index (χ0v) is 7.39. The SMILES string of the molecule is CC.CC1CC(F)CN1C. The summed E-state index contributed by atoms with van der Waals surface area (Å²) < 4.78 is 12.4. The summed E-state index contributed by atoms with van der Waals surface area (Å²) in [4.78, 5) is 2.05. The molecule has 0 radical (unpaired) electrons. The molecule has 62 valence electrons. The van der Waals surface area contributed by atoms with Gasteiger partial charge < -0.3 is 4.90 Å². The van der Waals surface area contributed by atoms with Crippen molar-refractivity contribution in [3.8, 4) is 0 Å². The molecule has 0 aliphatic carbocycles. The Labute approximate surface area is 63.2 Å². The van der Waals surface area contributed by atoms with Crippen LogP contribution in [0.15, 0.2) is 0 Å². The largest absolute Gasteiger partial charge is 0.301 e. The first-order valence-electron chi connectivity index (χ1n) is 4.04. The van der Waals surface area contributed by atoms with E-state index < -0.39 is 6.17 Å². The maximum Gasteiger partial charge on any atom is 0.114 e. The van der Waals surface area contributed by atoms with Gasteiger partial charge in [-0.3, -0.25) is 0 Å². The number of hydrogen-bond acceptors (Lipinski definition) is 1. The standard InChI is InChI=1S/C6H12FN.C2H6/c1-5-3-6(7)4-8(5)2;1-2/h5-6H,3-4H2,1-2H3;1-2H3. The van der Waals surface area contributed by atoms with Crippen LogP contribution in [-0.2, 0) is 0 Å². The number of halogens is 1. The lowest BCUT2D eigenvalue weighted by atomic mass is 10.2. The molecule has 0 amide bonds. The molecule has 1 aliphatic heterocycles. The van der Waals surface area contributed by atoms with Gasteiger partial charge in [0.15, 0.2) is 0 Å². The highest BCUT2D eigenvalue weighted by molar-refractivity contribution is 4.79. The first-order valence-corrected chi connectivity index (χ1v) is 4.04. The van der Waals surface area contributed by atoms with E-state index in [4.69, 9.17) is 0 Å². The van der Waals surface area contributed by atoms with E-state index >= 15 is 0 Å². The molecule has 1 aliphatic rings. The summed E-state index contributed by atoms with van der Waals surface area (Å²) in [5.74, 6) is 0. The van der Waals surface area contributed by atoms with Gasteiger partial charge in [-0.2, -0.15) is 0 Å². The second kappa shape index (κ2) is 4.67. The van der Waals surface area contributed by atoms with Gasteiger partial charge in [0.05, 0.1) is 0 Å². The maximum absolute atomic E-state index is 12.4. The van der Waals surface area contributed by atoms with Gasteiger partial charge in [0.2, 0.25) is 0 Å². The first kappa shape index (κ1) is 9.89. The van der Waals surface area contributed by atoms with Crippen LogP contribution in [0.25, 0.3) is 0 Å². The molecule has 0 spiro atoms. The third-order valence-electron chi connectivity index (χ3n) is 1.84. The van der Waals surface area contributed by atoms with Crippen molar-refractivity contribution < 1.29 is 4.39 Å². The normalized spacial score (nSPS) is 33.3. The highest BCUT2D eigenvalue weighted by Gasteiger charge is 2.24. The number of hydrogen-bond donors (Lipinski definition) is 0. The van der Waals surface area contributed by atoms with Crippen molar-refractivity contribution in [1.29, 1.82) is 0 Å². The van der Waals surface area contributed by atoms with Crippen LogP contribution < -0.4 is 0 Å². The van der Waals surface area contributed by atoms with Crippen molar-refractivity contribution in [3.05, 3.63) is 0 Å². The van der Waals surface area contributed by atoms with E-state index in [0.717, 1.165) is 6.42 Å². The van der Waals surface area contributed by atoms with Crippen molar-refractivity contribution >= 4 is 0 Å². The quantitative estimate of drug-likeness (QED) is 0.507. The average molecular weight is 147 g/mol. The summed E-state index contributed by atoms with van der Waals surface area (Å²) in [6.07, 6.45) is 0.145. The van der Waals surface area contributed by atoms with Gasteiger partial charge in [0.25, 0.3) is 0 Å². The van der Waals surface area contributed by atoms with Crippen molar-refractivity contribution in [3.63, 3.8) is 0 Å². The van der Waals surface area contributed by atoms with E-state index in [1.54, 1.807) is 0 Å². The molecule has 1 rings (SSSR count). The van der Waals surface area contributed by atoms with E-state index in [9.17, 15) is 4.39 Å². The van der Waals surface area contributed by atoms with E-state index in [1.165, 1.54) is 0 Å². The smallest absolute Gasteiger partial charge is 0.114 e. The molecule has 0 aromatic rings. The first-order chi connectivity index (χ1) is 4.70. The average Bonchev–Trinajstić information content (AvgIpc) is 2.16. The fraction of sp³-hybridized carbons (Fsp3) is 1.00. The second-order valence-corrected chi connectivity index (χ2v) is 2.62. The minimum Gasteiger partial charge on any atom is -0.301 e. The van der Waals surface area contributed by atoms with Crippen molar-refractivity contribution in [2.75, 3.05) is 13.6 Å². The second-order valence-electron chi connectivity index (χ2n) is 2.62. The summed E-state index contributed by atoms with van der Waals surface area (Å²) in [6, 6.07) is 0.449. The van der Waals surface area contributed by atoms with Crippen LogP contribution >= 0.6 is 0 Å². The third-order valence-corrected chi connectivity index (χ3v) is 1.84.